The van der Waals surface area contributed by atoms with E-state index in [4.69, 9.17) is 0 Å². The predicted octanol–water partition coefficient (Wildman–Crippen LogP) is 2.51. The molecule has 0 radical (unpaired) electrons. The number of benzene rings is 2. The molecule has 6 nitrogen and oxygen atoms in total. The van der Waals surface area contributed by atoms with Crippen molar-refractivity contribution in [3.8, 4) is 0 Å². The number of likely N-dealkylation sites (tertiary alicyclic amines) is 1. The molecule has 7 heteroatoms. The van der Waals surface area contributed by atoms with E-state index in [0.717, 1.165) is 25.2 Å². The number of carbonyl (C=O) groups is 1. The monoisotopic (exact) mass is 401 g/mol. The number of piperidine rings is 1. The minimum atomic E-state index is -3.58. The highest BCUT2D eigenvalue weighted by Crippen LogP contribution is 2.15. The molecule has 0 spiro atoms. The molecule has 1 amide bonds. The fourth-order valence-electron chi connectivity index (χ4n) is 3.42. The van der Waals surface area contributed by atoms with Crippen LogP contribution in [0, 0.1) is 0 Å². The second kappa shape index (κ2) is 9.32. The first-order valence-electron chi connectivity index (χ1n) is 9.60. The van der Waals surface area contributed by atoms with Crippen molar-refractivity contribution in [3.63, 3.8) is 0 Å². The summed E-state index contributed by atoms with van der Waals surface area (Å²) in [6.45, 7) is 3.63. The first kappa shape index (κ1) is 20.5. The van der Waals surface area contributed by atoms with Crippen LogP contribution in [-0.2, 0) is 23.1 Å². The summed E-state index contributed by atoms with van der Waals surface area (Å²) < 4.78 is 26.1. The number of rotatable bonds is 7. The van der Waals surface area contributed by atoms with Crippen LogP contribution >= 0.6 is 0 Å². The molecule has 0 atom stereocenters. The molecule has 0 unspecified atom stereocenters. The normalized spacial score (nSPS) is 15.3. The Morgan fingerprint density at radius 2 is 1.71 bits per heavy atom. The Hall–Kier alpha value is -2.22. The SMILES string of the molecule is CNS(=O)(=O)c1cccc(C(=O)NCc2cccc(CN3CCCCC3)c2)c1. The lowest BCUT2D eigenvalue weighted by molar-refractivity contribution is 0.0950. The number of nitrogens with one attached hydrogen (secondary N) is 2. The molecule has 0 aliphatic carbocycles. The summed E-state index contributed by atoms with van der Waals surface area (Å²) in [7, 11) is -2.23. The van der Waals surface area contributed by atoms with Crippen molar-refractivity contribution in [1.29, 1.82) is 0 Å². The van der Waals surface area contributed by atoms with Crippen LogP contribution in [0.2, 0.25) is 0 Å². The van der Waals surface area contributed by atoms with E-state index in [-0.39, 0.29) is 10.8 Å². The van der Waals surface area contributed by atoms with Gasteiger partial charge >= 0.3 is 0 Å². The van der Waals surface area contributed by atoms with Gasteiger partial charge in [0, 0.05) is 18.7 Å². The maximum atomic E-state index is 12.5. The molecule has 1 aliphatic rings. The van der Waals surface area contributed by atoms with Crippen LogP contribution in [0.25, 0.3) is 0 Å². The summed E-state index contributed by atoms with van der Waals surface area (Å²) in [5.41, 5.74) is 2.60. The van der Waals surface area contributed by atoms with E-state index in [9.17, 15) is 13.2 Å². The van der Waals surface area contributed by atoms with Crippen LogP contribution < -0.4 is 10.0 Å². The molecule has 3 rings (SSSR count). The van der Waals surface area contributed by atoms with Gasteiger partial charge in [0.1, 0.15) is 0 Å². The van der Waals surface area contributed by atoms with Crippen molar-refractivity contribution >= 4 is 15.9 Å². The molecule has 1 aliphatic heterocycles. The van der Waals surface area contributed by atoms with Gasteiger partial charge in [-0.15, -0.1) is 0 Å². The van der Waals surface area contributed by atoms with Gasteiger partial charge in [-0.1, -0.05) is 36.8 Å². The zero-order chi connectivity index (χ0) is 20.0. The van der Waals surface area contributed by atoms with E-state index in [1.54, 1.807) is 12.1 Å². The number of hydrogen-bond donors (Lipinski definition) is 2. The van der Waals surface area contributed by atoms with E-state index in [0.29, 0.717) is 12.1 Å². The maximum absolute atomic E-state index is 12.5. The minimum absolute atomic E-state index is 0.0752. The lowest BCUT2D eigenvalue weighted by Gasteiger charge is -2.26. The summed E-state index contributed by atoms with van der Waals surface area (Å²) in [5, 5.41) is 2.88. The maximum Gasteiger partial charge on any atom is 0.251 e. The minimum Gasteiger partial charge on any atom is -0.348 e. The lowest BCUT2D eigenvalue weighted by atomic mass is 10.1. The van der Waals surface area contributed by atoms with Crippen molar-refractivity contribution in [1.82, 2.24) is 14.9 Å². The standard InChI is InChI=1S/C21H27N3O3S/c1-22-28(26,27)20-10-6-9-19(14-20)21(25)23-15-17-7-5-8-18(13-17)16-24-11-3-2-4-12-24/h5-10,13-14,22H,2-4,11-12,15-16H2,1H3,(H,23,25). The van der Waals surface area contributed by atoms with Gasteiger partial charge in [0.2, 0.25) is 10.0 Å². The molecule has 2 N–H and O–H groups in total. The van der Waals surface area contributed by atoms with E-state index in [1.807, 2.05) is 12.1 Å². The Morgan fingerprint density at radius 3 is 2.46 bits per heavy atom. The first-order chi connectivity index (χ1) is 13.5. The summed E-state index contributed by atoms with van der Waals surface area (Å²) in [6, 6.07) is 14.3. The average molecular weight is 402 g/mol. The number of hydrogen-bond acceptors (Lipinski definition) is 4. The van der Waals surface area contributed by atoms with E-state index < -0.39 is 10.0 Å². The number of sulfonamides is 1. The zero-order valence-electron chi connectivity index (χ0n) is 16.1. The highest BCUT2D eigenvalue weighted by atomic mass is 32.2. The van der Waals surface area contributed by atoms with Gasteiger partial charge in [0.25, 0.3) is 5.91 Å². The topological polar surface area (TPSA) is 78.5 Å². The lowest BCUT2D eigenvalue weighted by Crippen LogP contribution is -2.29. The van der Waals surface area contributed by atoms with Gasteiger partial charge in [-0.25, -0.2) is 13.1 Å². The third kappa shape index (κ3) is 5.41. The molecular formula is C21H27N3O3S. The summed E-state index contributed by atoms with van der Waals surface area (Å²) in [4.78, 5) is 15.0. The van der Waals surface area contributed by atoms with Crippen molar-refractivity contribution in [2.75, 3.05) is 20.1 Å². The fourth-order valence-corrected chi connectivity index (χ4v) is 4.20. The molecule has 1 fully saturated rings. The smallest absolute Gasteiger partial charge is 0.251 e. The molecule has 1 heterocycles. The van der Waals surface area contributed by atoms with Gasteiger partial charge in [-0.2, -0.15) is 0 Å². The third-order valence-electron chi connectivity index (χ3n) is 4.97. The van der Waals surface area contributed by atoms with Gasteiger partial charge in [0.15, 0.2) is 0 Å². The second-order valence-corrected chi connectivity index (χ2v) is 8.96. The van der Waals surface area contributed by atoms with Crippen LogP contribution in [0.4, 0.5) is 0 Å². The van der Waals surface area contributed by atoms with Crippen LogP contribution in [0.15, 0.2) is 53.4 Å². The fraction of sp³-hybridized carbons (Fsp3) is 0.381. The zero-order valence-corrected chi connectivity index (χ0v) is 17.0. The Morgan fingerprint density at radius 1 is 1.00 bits per heavy atom. The molecule has 28 heavy (non-hydrogen) atoms. The summed E-state index contributed by atoms with van der Waals surface area (Å²) in [6.07, 6.45) is 3.84. The molecule has 0 saturated carbocycles. The van der Waals surface area contributed by atoms with E-state index in [1.165, 1.54) is 44.0 Å². The Labute approximate surface area is 167 Å². The Kier molecular flexibility index (Phi) is 6.83. The van der Waals surface area contributed by atoms with Crippen LogP contribution in [0.1, 0.15) is 40.7 Å². The van der Waals surface area contributed by atoms with Crippen LogP contribution in [0.3, 0.4) is 0 Å². The van der Waals surface area contributed by atoms with Gasteiger partial charge in [-0.05, 0) is 62.3 Å². The summed E-state index contributed by atoms with van der Waals surface area (Å²) in [5.74, 6) is -0.297. The van der Waals surface area contributed by atoms with E-state index in [2.05, 4.69) is 27.1 Å². The second-order valence-electron chi connectivity index (χ2n) is 7.07. The largest absolute Gasteiger partial charge is 0.348 e. The van der Waals surface area contributed by atoms with Crippen molar-refractivity contribution in [2.24, 2.45) is 0 Å². The number of nitrogens with zero attached hydrogens (tertiary/aromatic N) is 1. The Balaban J connectivity index is 1.62. The summed E-state index contributed by atoms with van der Waals surface area (Å²) >= 11 is 0. The van der Waals surface area contributed by atoms with Crippen LogP contribution in [-0.4, -0.2) is 39.4 Å². The Bertz CT molecular complexity index is 922. The highest BCUT2D eigenvalue weighted by molar-refractivity contribution is 7.89. The average Bonchev–Trinajstić information content (AvgIpc) is 2.73. The molecule has 0 aromatic heterocycles. The number of carbonyl (C=O) groups excluding carboxylic acids is 1. The molecule has 0 bridgehead atoms. The predicted molar refractivity (Wildman–Crippen MR) is 109 cm³/mol. The molecule has 2 aromatic carbocycles. The van der Waals surface area contributed by atoms with Gasteiger partial charge in [-0.3, -0.25) is 9.69 Å². The molecule has 150 valence electrons. The van der Waals surface area contributed by atoms with Crippen LogP contribution in [0.5, 0.6) is 0 Å². The number of amides is 1. The quantitative estimate of drug-likeness (QED) is 0.747. The molecule has 1 saturated heterocycles. The van der Waals surface area contributed by atoms with Gasteiger partial charge < -0.3 is 5.32 Å². The van der Waals surface area contributed by atoms with E-state index >= 15 is 0 Å². The van der Waals surface area contributed by atoms with Crippen molar-refractivity contribution < 1.29 is 13.2 Å². The third-order valence-corrected chi connectivity index (χ3v) is 6.39. The van der Waals surface area contributed by atoms with Crippen molar-refractivity contribution in [3.05, 3.63) is 65.2 Å². The van der Waals surface area contributed by atoms with Gasteiger partial charge in [0.05, 0.1) is 4.90 Å². The highest BCUT2D eigenvalue weighted by Gasteiger charge is 2.14. The van der Waals surface area contributed by atoms with Crippen molar-refractivity contribution in [2.45, 2.75) is 37.2 Å². The molecule has 2 aromatic rings. The first-order valence-corrected chi connectivity index (χ1v) is 11.1. The molecular weight excluding hydrogens is 374 g/mol.